The topological polar surface area (TPSA) is 132 Å². The van der Waals surface area contributed by atoms with Gasteiger partial charge in [0.1, 0.15) is 17.0 Å². The van der Waals surface area contributed by atoms with Gasteiger partial charge in [0.05, 0.1) is 57.8 Å². The highest BCUT2D eigenvalue weighted by Gasteiger charge is 2.47. The van der Waals surface area contributed by atoms with Crippen LogP contribution in [0.2, 0.25) is 5.02 Å². The van der Waals surface area contributed by atoms with Crippen molar-refractivity contribution >= 4 is 49.9 Å². The fraction of sp³-hybridized carbons (Fsp3) is 0.190. The summed E-state index contributed by atoms with van der Waals surface area (Å²) < 4.78 is 63.7. The van der Waals surface area contributed by atoms with Crippen LogP contribution in [0.4, 0.5) is 24.7 Å². The molecule has 1 atom stereocenters. The van der Waals surface area contributed by atoms with Crippen LogP contribution in [0, 0.1) is 0 Å². The molecule has 1 amide bonds. The molecule has 2 N–H and O–H groups in total. The van der Waals surface area contributed by atoms with Gasteiger partial charge in [0.15, 0.2) is 0 Å². The molecule has 0 aliphatic rings. The van der Waals surface area contributed by atoms with Gasteiger partial charge in [-0.3, -0.25) is 9.78 Å². The first-order valence-electron chi connectivity index (χ1n) is 10.1. The molecule has 1 aromatic carbocycles. The van der Waals surface area contributed by atoms with E-state index in [0.717, 1.165) is 23.7 Å². The Balaban J connectivity index is 1.47. The van der Waals surface area contributed by atoms with Crippen LogP contribution in [0.25, 0.3) is 11.0 Å². The minimum absolute atomic E-state index is 0.0273. The minimum atomic E-state index is -5.56. The Hall–Kier alpha value is -3.78. The van der Waals surface area contributed by atoms with E-state index in [0.29, 0.717) is 11.2 Å². The van der Waals surface area contributed by atoms with Gasteiger partial charge in [-0.25, -0.2) is 23.4 Å². The van der Waals surface area contributed by atoms with Gasteiger partial charge >= 0.3 is 5.51 Å². The summed E-state index contributed by atoms with van der Waals surface area (Å²) in [6.45, 7) is 1.68. The number of sulfone groups is 1. The van der Waals surface area contributed by atoms with Crippen LogP contribution in [0.5, 0.6) is 0 Å². The number of aromatic nitrogens is 5. The molecule has 0 bridgehead atoms. The SMILES string of the molecule is CC(NC(=O)c1cc2c(cn1)ncn2C)c1cnc(Nc2cc(S(=O)(=O)C(F)(F)F)ccc2Cl)cn1. The maximum absolute atomic E-state index is 12.9. The number of pyridine rings is 1. The van der Waals surface area contributed by atoms with Crippen molar-refractivity contribution in [3.63, 3.8) is 0 Å². The van der Waals surface area contributed by atoms with E-state index in [1.54, 1.807) is 30.9 Å². The van der Waals surface area contributed by atoms with Crippen LogP contribution < -0.4 is 10.6 Å². The third-order valence-electron chi connectivity index (χ3n) is 5.12. The molecule has 0 radical (unpaired) electrons. The zero-order chi connectivity index (χ0) is 26.3. The number of hydrogen-bond donors (Lipinski definition) is 2. The Labute approximate surface area is 207 Å². The van der Waals surface area contributed by atoms with Gasteiger partial charge in [0, 0.05) is 7.05 Å². The molecule has 0 spiro atoms. The van der Waals surface area contributed by atoms with Gasteiger partial charge in [-0.05, 0) is 31.2 Å². The van der Waals surface area contributed by atoms with Gasteiger partial charge < -0.3 is 15.2 Å². The third-order valence-corrected chi connectivity index (χ3v) is 6.94. The molecule has 0 saturated heterocycles. The number of carbonyl (C=O) groups is 1. The number of imidazole rings is 1. The second-order valence-electron chi connectivity index (χ2n) is 7.65. The van der Waals surface area contributed by atoms with Crippen molar-refractivity contribution in [3.8, 4) is 0 Å². The minimum Gasteiger partial charge on any atom is -0.343 e. The van der Waals surface area contributed by atoms with E-state index in [2.05, 4.69) is 30.6 Å². The fourth-order valence-corrected chi connectivity index (χ4v) is 4.12. The zero-order valence-electron chi connectivity index (χ0n) is 18.6. The molecular formula is C21H17ClF3N7O3S. The monoisotopic (exact) mass is 539 g/mol. The van der Waals surface area contributed by atoms with Crippen LogP contribution in [0.1, 0.15) is 29.1 Å². The normalized spacial score (nSPS) is 12.9. The van der Waals surface area contributed by atoms with Crippen LogP contribution in [0.15, 0.2) is 54.1 Å². The maximum Gasteiger partial charge on any atom is 0.501 e. The van der Waals surface area contributed by atoms with Crippen LogP contribution >= 0.6 is 11.6 Å². The maximum atomic E-state index is 12.9. The highest BCUT2D eigenvalue weighted by atomic mass is 35.5. The number of nitrogens with zero attached hydrogens (tertiary/aromatic N) is 5. The van der Waals surface area contributed by atoms with Gasteiger partial charge in [0.2, 0.25) is 0 Å². The van der Waals surface area contributed by atoms with Crippen molar-refractivity contribution in [3.05, 3.63) is 65.6 Å². The van der Waals surface area contributed by atoms with Crippen LogP contribution in [-0.4, -0.2) is 44.3 Å². The standard InChI is InChI=1S/C21H17ClF3N7O3S/c1-11(30-20(33)15-6-18-17(8-26-15)29-10-32(18)2)16-7-28-19(9-27-16)31-14-5-12(3-4-13(14)22)36(34,35)21(23,24)25/h3-11H,1-2H3,(H,28,31)(H,30,33). The van der Waals surface area contributed by atoms with E-state index in [-0.39, 0.29) is 22.2 Å². The molecule has 4 rings (SSSR count). The summed E-state index contributed by atoms with van der Waals surface area (Å²) in [5, 5.41) is 5.38. The summed E-state index contributed by atoms with van der Waals surface area (Å²) in [5.41, 5.74) is -3.61. The number of alkyl halides is 3. The lowest BCUT2D eigenvalue weighted by Gasteiger charge is -2.14. The van der Waals surface area contributed by atoms with Gasteiger partial charge in [0.25, 0.3) is 15.7 Å². The van der Waals surface area contributed by atoms with E-state index in [4.69, 9.17) is 11.6 Å². The second kappa shape index (κ2) is 9.35. The number of rotatable bonds is 6. The number of nitrogens with one attached hydrogen (secondary N) is 2. The lowest BCUT2D eigenvalue weighted by molar-refractivity contribution is -0.0436. The highest BCUT2D eigenvalue weighted by Crippen LogP contribution is 2.34. The molecule has 10 nitrogen and oxygen atoms in total. The molecule has 3 aromatic heterocycles. The van der Waals surface area contributed by atoms with Crippen molar-refractivity contribution < 1.29 is 26.4 Å². The van der Waals surface area contributed by atoms with Gasteiger partial charge in [-0.1, -0.05) is 11.6 Å². The summed E-state index contributed by atoms with van der Waals surface area (Å²) in [6.07, 6.45) is 5.71. The quantitative estimate of drug-likeness (QED) is 0.376. The Kier molecular flexibility index (Phi) is 6.58. The molecule has 0 aliphatic heterocycles. The summed E-state index contributed by atoms with van der Waals surface area (Å²) in [7, 11) is -3.76. The Morgan fingerprint density at radius 2 is 1.83 bits per heavy atom. The molecular weight excluding hydrogens is 523 g/mol. The molecule has 0 aliphatic carbocycles. The van der Waals surface area contributed by atoms with E-state index in [9.17, 15) is 26.4 Å². The number of hydrogen-bond acceptors (Lipinski definition) is 8. The average Bonchev–Trinajstić information content (AvgIpc) is 3.20. The van der Waals surface area contributed by atoms with E-state index >= 15 is 0 Å². The molecule has 3 heterocycles. The number of amides is 1. The molecule has 36 heavy (non-hydrogen) atoms. The Morgan fingerprint density at radius 3 is 2.50 bits per heavy atom. The summed E-state index contributed by atoms with van der Waals surface area (Å²) in [4.78, 5) is 28.2. The molecule has 15 heteroatoms. The molecule has 1 unspecified atom stereocenters. The Bertz CT molecular complexity index is 1560. The number of halogens is 4. The highest BCUT2D eigenvalue weighted by molar-refractivity contribution is 7.92. The van der Waals surface area contributed by atoms with E-state index < -0.39 is 32.2 Å². The van der Waals surface area contributed by atoms with Gasteiger partial charge in [-0.15, -0.1) is 0 Å². The average molecular weight is 540 g/mol. The molecule has 0 saturated carbocycles. The summed E-state index contributed by atoms with van der Waals surface area (Å²) in [6, 6.07) is 3.59. The smallest absolute Gasteiger partial charge is 0.343 e. The largest absolute Gasteiger partial charge is 0.501 e. The Morgan fingerprint density at radius 1 is 1.08 bits per heavy atom. The first kappa shape index (κ1) is 25.3. The van der Waals surface area contributed by atoms with Gasteiger partial charge in [-0.2, -0.15) is 13.2 Å². The summed E-state index contributed by atoms with van der Waals surface area (Å²) in [5.74, 6) is -0.354. The predicted octanol–water partition coefficient (Wildman–Crippen LogP) is 3.94. The number of anilines is 2. The molecule has 188 valence electrons. The second-order valence-corrected chi connectivity index (χ2v) is 10.00. The van der Waals surface area contributed by atoms with E-state index in [1.807, 2.05) is 0 Å². The number of aryl methyl sites for hydroxylation is 1. The lowest BCUT2D eigenvalue weighted by atomic mass is 10.2. The fourth-order valence-electron chi connectivity index (χ4n) is 3.16. The first-order chi connectivity index (χ1) is 16.9. The molecule has 0 fully saturated rings. The van der Waals surface area contributed by atoms with Crippen LogP contribution in [-0.2, 0) is 16.9 Å². The summed E-state index contributed by atoms with van der Waals surface area (Å²) >= 11 is 6.00. The number of fused-ring (bicyclic) bond motifs is 1. The van der Waals surface area contributed by atoms with Crippen molar-refractivity contribution in [2.45, 2.75) is 23.4 Å². The van der Waals surface area contributed by atoms with Crippen molar-refractivity contribution in [1.29, 1.82) is 0 Å². The third kappa shape index (κ3) is 4.95. The van der Waals surface area contributed by atoms with Crippen molar-refractivity contribution in [2.24, 2.45) is 7.05 Å². The predicted molar refractivity (Wildman–Crippen MR) is 124 cm³/mol. The van der Waals surface area contributed by atoms with Crippen LogP contribution in [0.3, 0.4) is 0 Å². The zero-order valence-corrected chi connectivity index (χ0v) is 20.1. The molecule has 4 aromatic rings. The number of benzene rings is 1. The van der Waals surface area contributed by atoms with Crippen molar-refractivity contribution in [2.75, 3.05) is 5.32 Å². The van der Waals surface area contributed by atoms with Crippen molar-refractivity contribution in [1.82, 2.24) is 29.8 Å². The van der Waals surface area contributed by atoms with E-state index in [1.165, 1.54) is 18.6 Å². The number of carbonyl (C=O) groups excluding carboxylic acids is 1. The lowest BCUT2D eigenvalue weighted by Crippen LogP contribution is -2.28. The first-order valence-corrected chi connectivity index (χ1v) is 12.0.